The minimum absolute atomic E-state index is 0.0270. The van der Waals surface area contributed by atoms with Crippen molar-refractivity contribution in [3.63, 3.8) is 0 Å². The fourth-order valence-electron chi connectivity index (χ4n) is 1.37. The van der Waals surface area contributed by atoms with Gasteiger partial charge in [0, 0.05) is 26.1 Å². The highest BCUT2D eigenvalue weighted by Gasteiger charge is 2.18. The Bertz CT molecular complexity index is 234. The maximum atomic E-state index is 11.8. The molecule has 1 amide bonds. The maximum Gasteiger partial charge on any atom is 0.226 e. The van der Waals surface area contributed by atoms with E-state index in [4.69, 9.17) is 5.26 Å². The second-order valence-electron chi connectivity index (χ2n) is 3.96. The summed E-state index contributed by atoms with van der Waals surface area (Å²) < 4.78 is 0. The lowest BCUT2D eigenvalue weighted by Gasteiger charge is -2.22. The zero-order valence-corrected chi connectivity index (χ0v) is 10.1. The predicted octanol–water partition coefficient (Wildman–Crippen LogP) is 0.850. The number of amides is 1. The second-order valence-corrected chi connectivity index (χ2v) is 3.96. The Morgan fingerprint density at radius 3 is 2.60 bits per heavy atom. The molecule has 0 radical (unpaired) electrons. The van der Waals surface area contributed by atoms with Crippen LogP contribution in [0.15, 0.2) is 0 Å². The SMILES string of the molecule is CCNCC(C)C(=O)N(C)CC(C)C#N. The number of rotatable bonds is 6. The molecule has 0 bridgehead atoms. The molecule has 0 aromatic rings. The van der Waals surface area contributed by atoms with Crippen molar-refractivity contribution in [2.45, 2.75) is 20.8 Å². The van der Waals surface area contributed by atoms with Crippen LogP contribution in [0.1, 0.15) is 20.8 Å². The van der Waals surface area contributed by atoms with Gasteiger partial charge < -0.3 is 10.2 Å². The molecule has 0 spiro atoms. The highest BCUT2D eigenvalue weighted by molar-refractivity contribution is 5.78. The van der Waals surface area contributed by atoms with Gasteiger partial charge in [0.25, 0.3) is 0 Å². The summed E-state index contributed by atoms with van der Waals surface area (Å²) in [5, 5.41) is 11.8. The molecule has 0 aromatic heterocycles. The van der Waals surface area contributed by atoms with Crippen LogP contribution in [0.4, 0.5) is 0 Å². The van der Waals surface area contributed by atoms with Gasteiger partial charge in [0.2, 0.25) is 5.91 Å². The lowest BCUT2D eigenvalue weighted by Crippen LogP contribution is -2.38. The molecule has 2 atom stereocenters. The lowest BCUT2D eigenvalue weighted by molar-refractivity contribution is -0.133. The Morgan fingerprint density at radius 2 is 2.13 bits per heavy atom. The maximum absolute atomic E-state index is 11.8. The molecule has 0 heterocycles. The van der Waals surface area contributed by atoms with Crippen LogP contribution in [-0.2, 0) is 4.79 Å². The number of nitriles is 1. The average Bonchev–Trinajstić information content (AvgIpc) is 2.24. The van der Waals surface area contributed by atoms with Crippen molar-refractivity contribution in [2.75, 3.05) is 26.7 Å². The molecular formula is C11H21N3O. The number of nitrogens with one attached hydrogen (secondary N) is 1. The van der Waals surface area contributed by atoms with E-state index >= 15 is 0 Å². The summed E-state index contributed by atoms with van der Waals surface area (Å²) >= 11 is 0. The minimum Gasteiger partial charge on any atom is -0.344 e. The quantitative estimate of drug-likeness (QED) is 0.708. The molecule has 15 heavy (non-hydrogen) atoms. The van der Waals surface area contributed by atoms with Gasteiger partial charge in [-0.1, -0.05) is 13.8 Å². The second kappa shape index (κ2) is 7.24. The van der Waals surface area contributed by atoms with E-state index in [0.717, 1.165) is 6.54 Å². The topological polar surface area (TPSA) is 56.1 Å². The van der Waals surface area contributed by atoms with Crippen LogP contribution in [0.3, 0.4) is 0 Å². The van der Waals surface area contributed by atoms with Gasteiger partial charge in [-0.05, 0) is 13.5 Å². The largest absolute Gasteiger partial charge is 0.344 e. The van der Waals surface area contributed by atoms with Crippen LogP contribution in [0.5, 0.6) is 0 Å². The van der Waals surface area contributed by atoms with E-state index in [-0.39, 0.29) is 17.7 Å². The van der Waals surface area contributed by atoms with E-state index < -0.39 is 0 Å². The van der Waals surface area contributed by atoms with E-state index in [1.165, 1.54) is 0 Å². The molecule has 0 aliphatic heterocycles. The average molecular weight is 211 g/mol. The number of carbonyl (C=O) groups is 1. The fourth-order valence-corrected chi connectivity index (χ4v) is 1.37. The van der Waals surface area contributed by atoms with Crippen molar-refractivity contribution in [2.24, 2.45) is 11.8 Å². The predicted molar refractivity (Wildman–Crippen MR) is 60.1 cm³/mol. The highest BCUT2D eigenvalue weighted by Crippen LogP contribution is 2.03. The zero-order chi connectivity index (χ0) is 11.8. The summed E-state index contributed by atoms with van der Waals surface area (Å²) in [6, 6.07) is 2.12. The van der Waals surface area contributed by atoms with Crippen LogP contribution < -0.4 is 5.32 Å². The minimum atomic E-state index is -0.106. The molecule has 2 unspecified atom stereocenters. The first kappa shape index (κ1) is 13.9. The third kappa shape index (κ3) is 5.38. The molecule has 4 heteroatoms. The number of hydrogen-bond acceptors (Lipinski definition) is 3. The van der Waals surface area contributed by atoms with E-state index in [2.05, 4.69) is 11.4 Å². The van der Waals surface area contributed by atoms with Crippen molar-refractivity contribution in [3.05, 3.63) is 0 Å². The van der Waals surface area contributed by atoms with Gasteiger partial charge in [0.1, 0.15) is 0 Å². The van der Waals surface area contributed by atoms with Crippen molar-refractivity contribution in [1.82, 2.24) is 10.2 Å². The van der Waals surface area contributed by atoms with Crippen LogP contribution >= 0.6 is 0 Å². The molecule has 0 rings (SSSR count). The first-order chi connectivity index (χ1) is 7.02. The van der Waals surface area contributed by atoms with Crippen molar-refractivity contribution in [3.8, 4) is 6.07 Å². The van der Waals surface area contributed by atoms with E-state index in [9.17, 15) is 4.79 Å². The molecular weight excluding hydrogens is 190 g/mol. The summed E-state index contributed by atoms with van der Waals surface area (Å²) in [6.45, 7) is 7.80. The summed E-state index contributed by atoms with van der Waals surface area (Å²) in [5.74, 6) is -0.0378. The van der Waals surface area contributed by atoms with Gasteiger partial charge >= 0.3 is 0 Å². The molecule has 0 fully saturated rings. The standard InChI is InChI=1S/C11H21N3O/c1-5-13-7-10(3)11(15)14(4)8-9(2)6-12/h9-10,13H,5,7-8H2,1-4H3. The van der Waals surface area contributed by atoms with Crippen molar-refractivity contribution < 1.29 is 4.79 Å². The van der Waals surface area contributed by atoms with Gasteiger partial charge in [-0.15, -0.1) is 0 Å². The van der Waals surface area contributed by atoms with Crippen LogP contribution in [-0.4, -0.2) is 37.5 Å². The Kier molecular flexibility index (Phi) is 6.72. The summed E-state index contributed by atoms with van der Waals surface area (Å²) in [5.41, 5.74) is 0. The lowest BCUT2D eigenvalue weighted by atomic mass is 10.1. The third-order valence-corrected chi connectivity index (χ3v) is 2.27. The van der Waals surface area contributed by atoms with E-state index in [1.54, 1.807) is 11.9 Å². The van der Waals surface area contributed by atoms with Crippen LogP contribution in [0, 0.1) is 23.2 Å². The molecule has 86 valence electrons. The number of nitrogens with zero attached hydrogens (tertiary/aromatic N) is 2. The number of carbonyl (C=O) groups excluding carboxylic acids is 1. The monoisotopic (exact) mass is 211 g/mol. The van der Waals surface area contributed by atoms with E-state index in [0.29, 0.717) is 13.1 Å². The first-order valence-electron chi connectivity index (χ1n) is 5.38. The van der Waals surface area contributed by atoms with Gasteiger partial charge in [-0.2, -0.15) is 5.26 Å². The Morgan fingerprint density at radius 1 is 1.53 bits per heavy atom. The summed E-state index contributed by atoms with van der Waals surface area (Å²) in [4.78, 5) is 13.4. The molecule has 0 saturated heterocycles. The smallest absolute Gasteiger partial charge is 0.226 e. The van der Waals surface area contributed by atoms with Crippen molar-refractivity contribution in [1.29, 1.82) is 5.26 Å². The molecule has 0 saturated carbocycles. The van der Waals surface area contributed by atoms with Gasteiger partial charge in [-0.25, -0.2) is 0 Å². The summed E-state index contributed by atoms with van der Waals surface area (Å²) in [6.07, 6.45) is 0. The first-order valence-corrected chi connectivity index (χ1v) is 5.38. The van der Waals surface area contributed by atoms with E-state index in [1.807, 2.05) is 20.8 Å². The summed E-state index contributed by atoms with van der Waals surface area (Å²) in [7, 11) is 1.75. The molecule has 4 nitrogen and oxygen atoms in total. The van der Waals surface area contributed by atoms with Gasteiger partial charge in [0.05, 0.1) is 12.0 Å². The van der Waals surface area contributed by atoms with Gasteiger partial charge in [0.15, 0.2) is 0 Å². The Labute approximate surface area is 92.3 Å². The molecule has 0 aromatic carbocycles. The number of hydrogen-bond donors (Lipinski definition) is 1. The normalized spacial score (nSPS) is 14.1. The van der Waals surface area contributed by atoms with Crippen LogP contribution in [0.2, 0.25) is 0 Å². The Hall–Kier alpha value is -1.08. The Balaban J connectivity index is 4.02. The highest BCUT2D eigenvalue weighted by atomic mass is 16.2. The fraction of sp³-hybridized carbons (Fsp3) is 0.818. The third-order valence-electron chi connectivity index (χ3n) is 2.27. The zero-order valence-electron chi connectivity index (χ0n) is 10.1. The molecule has 0 aliphatic carbocycles. The van der Waals surface area contributed by atoms with Gasteiger partial charge in [-0.3, -0.25) is 4.79 Å². The van der Waals surface area contributed by atoms with Crippen LogP contribution in [0.25, 0.3) is 0 Å². The van der Waals surface area contributed by atoms with Crippen molar-refractivity contribution >= 4 is 5.91 Å². The molecule has 1 N–H and O–H groups in total. The molecule has 0 aliphatic rings.